The Balaban J connectivity index is 2.87. The molecule has 0 bridgehead atoms. The first-order chi connectivity index (χ1) is 8.02. The molecule has 0 aliphatic carbocycles. The van der Waals surface area contributed by atoms with Crippen LogP contribution in [0.3, 0.4) is 0 Å². The Hall–Kier alpha value is -0.500. The molecule has 0 aliphatic rings. The second-order valence-corrected chi connectivity index (χ2v) is 5.31. The van der Waals surface area contributed by atoms with Crippen molar-refractivity contribution in [3.63, 3.8) is 0 Å². The maximum absolute atomic E-state index is 6.20. The highest BCUT2D eigenvalue weighted by Crippen LogP contribution is 2.31. The van der Waals surface area contributed by atoms with Crippen molar-refractivity contribution >= 4 is 23.2 Å². The van der Waals surface area contributed by atoms with E-state index in [2.05, 4.69) is 25.7 Å². The van der Waals surface area contributed by atoms with Gasteiger partial charge in [-0.15, -0.1) is 6.58 Å². The molecule has 0 saturated heterocycles. The van der Waals surface area contributed by atoms with Crippen LogP contribution in [0.4, 0.5) is 0 Å². The van der Waals surface area contributed by atoms with E-state index in [1.54, 1.807) is 0 Å². The van der Waals surface area contributed by atoms with Gasteiger partial charge in [0.25, 0.3) is 0 Å². The molecule has 0 spiro atoms. The summed E-state index contributed by atoms with van der Waals surface area (Å²) in [4.78, 5) is 0. The number of hydrogen-bond acceptors (Lipinski definition) is 1. The summed E-state index contributed by atoms with van der Waals surface area (Å²) in [7, 11) is 0. The van der Waals surface area contributed by atoms with Crippen molar-refractivity contribution in [1.29, 1.82) is 0 Å². The van der Waals surface area contributed by atoms with Gasteiger partial charge in [0, 0.05) is 12.0 Å². The summed E-state index contributed by atoms with van der Waals surface area (Å²) >= 11 is 12.2. The van der Waals surface area contributed by atoms with Crippen molar-refractivity contribution in [1.82, 2.24) is 5.32 Å². The molecule has 17 heavy (non-hydrogen) atoms. The van der Waals surface area contributed by atoms with E-state index in [0.29, 0.717) is 10.0 Å². The first-order valence-corrected chi connectivity index (χ1v) is 6.55. The SMILES string of the molecule is C=CC(C)(CNCC)Cc1cccc(Cl)c1Cl. The van der Waals surface area contributed by atoms with Crippen LogP contribution in [0.15, 0.2) is 30.9 Å². The molecule has 1 atom stereocenters. The number of benzene rings is 1. The average Bonchev–Trinajstić information content (AvgIpc) is 2.33. The van der Waals surface area contributed by atoms with Crippen LogP contribution in [0.5, 0.6) is 0 Å². The van der Waals surface area contributed by atoms with Crippen LogP contribution in [0, 0.1) is 5.41 Å². The van der Waals surface area contributed by atoms with E-state index in [-0.39, 0.29) is 5.41 Å². The zero-order valence-electron chi connectivity index (χ0n) is 10.4. The number of hydrogen-bond donors (Lipinski definition) is 1. The molecule has 0 heterocycles. The van der Waals surface area contributed by atoms with Crippen molar-refractivity contribution in [2.45, 2.75) is 20.3 Å². The third-order valence-corrected chi connectivity index (χ3v) is 3.76. The molecule has 0 fully saturated rings. The van der Waals surface area contributed by atoms with Gasteiger partial charge in [0.2, 0.25) is 0 Å². The van der Waals surface area contributed by atoms with E-state index >= 15 is 0 Å². The zero-order chi connectivity index (χ0) is 12.9. The number of rotatable bonds is 6. The molecule has 0 saturated carbocycles. The first kappa shape index (κ1) is 14.6. The van der Waals surface area contributed by atoms with Gasteiger partial charge in [-0.05, 0) is 24.6 Å². The van der Waals surface area contributed by atoms with Crippen molar-refractivity contribution in [2.24, 2.45) is 5.41 Å². The minimum Gasteiger partial charge on any atom is -0.316 e. The second-order valence-electron chi connectivity index (χ2n) is 4.53. The van der Waals surface area contributed by atoms with E-state index in [0.717, 1.165) is 25.1 Å². The highest BCUT2D eigenvalue weighted by Gasteiger charge is 2.21. The predicted octanol–water partition coefficient (Wildman–Crippen LogP) is 4.34. The largest absolute Gasteiger partial charge is 0.316 e. The Morgan fingerprint density at radius 1 is 1.41 bits per heavy atom. The molecule has 0 aliphatic heterocycles. The molecule has 1 aromatic rings. The van der Waals surface area contributed by atoms with Gasteiger partial charge in [-0.25, -0.2) is 0 Å². The van der Waals surface area contributed by atoms with Crippen LogP contribution in [-0.2, 0) is 6.42 Å². The van der Waals surface area contributed by atoms with Gasteiger partial charge in [-0.1, -0.05) is 55.3 Å². The van der Waals surface area contributed by atoms with Crippen LogP contribution in [0.1, 0.15) is 19.4 Å². The summed E-state index contributed by atoms with van der Waals surface area (Å²) in [6.45, 7) is 10.0. The zero-order valence-corrected chi connectivity index (χ0v) is 11.9. The Bertz CT molecular complexity index is 390. The summed E-state index contributed by atoms with van der Waals surface area (Å²) in [5.74, 6) is 0. The molecule has 1 nitrogen and oxygen atoms in total. The summed E-state index contributed by atoms with van der Waals surface area (Å²) < 4.78 is 0. The van der Waals surface area contributed by atoms with Gasteiger partial charge in [0.05, 0.1) is 10.0 Å². The fraction of sp³-hybridized carbons (Fsp3) is 0.429. The molecule has 0 radical (unpaired) electrons. The topological polar surface area (TPSA) is 12.0 Å². The Labute approximate surface area is 114 Å². The van der Waals surface area contributed by atoms with Crippen LogP contribution >= 0.6 is 23.2 Å². The van der Waals surface area contributed by atoms with E-state index in [1.807, 2.05) is 24.3 Å². The molecular weight excluding hydrogens is 253 g/mol. The summed E-state index contributed by atoms with van der Waals surface area (Å²) in [6, 6.07) is 5.76. The fourth-order valence-corrected chi connectivity index (χ4v) is 2.12. The van der Waals surface area contributed by atoms with Crippen LogP contribution in [0.2, 0.25) is 10.0 Å². The Morgan fingerprint density at radius 3 is 2.71 bits per heavy atom. The van der Waals surface area contributed by atoms with Crippen molar-refractivity contribution in [3.8, 4) is 0 Å². The highest BCUT2D eigenvalue weighted by atomic mass is 35.5. The lowest BCUT2D eigenvalue weighted by molar-refractivity contribution is 0.396. The molecular formula is C14H19Cl2N. The van der Waals surface area contributed by atoms with E-state index < -0.39 is 0 Å². The summed E-state index contributed by atoms with van der Waals surface area (Å²) in [6.07, 6.45) is 2.82. The van der Waals surface area contributed by atoms with E-state index in [9.17, 15) is 0 Å². The quantitative estimate of drug-likeness (QED) is 0.760. The van der Waals surface area contributed by atoms with Crippen LogP contribution in [-0.4, -0.2) is 13.1 Å². The summed E-state index contributed by atoms with van der Waals surface area (Å²) in [5, 5.41) is 4.61. The van der Waals surface area contributed by atoms with Gasteiger partial charge in [0.15, 0.2) is 0 Å². The Kier molecular flexibility index (Phi) is 5.51. The van der Waals surface area contributed by atoms with Crippen LogP contribution in [0.25, 0.3) is 0 Å². The molecule has 1 N–H and O–H groups in total. The molecule has 0 amide bonds. The third-order valence-electron chi connectivity index (χ3n) is 2.90. The second kappa shape index (κ2) is 6.44. The maximum atomic E-state index is 6.20. The van der Waals surface area contributed by atoms with Crippen molar-refractivity contribution in [2.75, 3.05) is 13.1 Å². The van der Waals surface area contributed by atoms with Gasteiger partial charge in [-0.3, -0.25) is 0 Å². The first-order valence-electron chi connectivity index (χ1n) is 5.79. The van der Waals surface area contributed by atoms with Gasteiger partial charge in [0.1, 0.15) is 0 Å². The lowest BCUT2D eigenvalue weighted by atomic mass is 9.83. The monoisotopic (exact) mass is 271 g/mol. The standard InChI is InChI=1S/C14H19Cl2N/c1-4-14(3,10-17-5-2)9-11-7-6-8-12(15)13(11)16/h4,6-8,17H,1,5,9-10H2,2-3H3. The Morgan fingerprint density at radius 2 is 2.12 bits per heavy atom. The number of halogens is 2. The molecule has 1 aromatic carbocycles. The normalized spacial score (nSPS) is 14.4. The van der Waals surface area contributed by atoms with Crippen molar-refractivity contribution in [3.05, 3.63) is 46.5 Å². The van der Waals surface area contributed by atoms with E-state index in [4.69, 9.17) is 23.2 Å². The molecule has 94 valence electrons. The highest BCUT2D eigenvalue weighted by molar-refractivity contribution is 6.42. The van der Waals surface area contributed by atoms with Gasteiger partial charge in [-0.2, -0.15) is 0 Å². The van der Waals surface area contributed by atoms with Gasteiger partial charge < -0.3 is 5.32 Å². The van der Waals surface area contributed by atoms with Crippen LogP contribution < -0.4 is 5.32 Å². The smallest absolute Gasteiger partial charge is 0.0624 e. The molecule has 1 rings (SSSR count). The van der Waals surface area contributed by atoms with Gasteiger partial charge >= 0.3 is 0 Å². The predicted molar refractivity (Wildman–Crippen MR) is 77.0 cm³/mol. The molecule has 3 heteroatoms. The summed E-state index contributed by atoms with van der Waals surface area (Å²) in [5.41, 5.74) is 1.06. The van der Waals surface area contributed by atoms with E-state index in [1.165, 1.54) is 0 Å². The fourth-order valence-electron chi connectivity index (χ4n) is 1.74. The minimum absolute atomic E-state index is 0.00959. The number of nitrogens with one attached hydrogen (secondary N) is 1. The maximum Gasteiger partial charge on any atom is 0.0624 e. The third kappa shape index (κ3) is 4.02. The molecule has 0 aromatic heterocycles. The lowest BCUT2D eigenvalue weighted by Crippen LogP contribution is -2.32. The average molecular weight is 272 g/mol. The molecule has 1 unspecified atom stereocenters. The van der Waals surface area contributed by atoms with Crippen molar-refractivity contribution < 1.29 is 0 Å². The lowest BCUT2D eigenvalue weighted by Gasteiger charge is -2.26. The minimum atomic E-state index is -0.00959.